The van der Waals surface area contributed by atoms with Crippen LogP contribution in [0.2, 0.25) is 0 Å². The van der Waals surface area contributed by atoms with E-state index in [0.29, 0.717) is 12.5 Å². The topological polar surface area (TPSA) is 26.3 Å². The Hall–Kier alpha value is -0.790. The van der Waals surface area contributed by atoms with Gasteiger partial charge in [-0.15, -0.1) is 0 Å². The smallest absolute Gasteiger partial charge is 0.330 e. The summed E-state index contributed by atoms with van der Waals surface area (Å²) in [5.41, 5.74) is 0. The van der Waals surface area contributed by atoms with Crippen molar-refractivity contribution in [2.24, 2.45) is 5.92 Å². The number of hydrogen-bond donors (Lipinski definition) is 0. The molecule has 0 N–H and O–H groups in total. The highest BCUT2D eigenvalue weighted by molar-refractivity contribution is 5.81. The first-order valence-corrected chi connectivity index (χ1v) is 4.49. The summed E-state index contributed by atoms with van der Waals surface area (Å²) < 4.78 is 4.85. The third-order valence-corrected chi connectivity index (χ3v) is 1.80. The molecule has 2 heteroatoms. The molecular formula is C10H18O2. The van der Waals surface area contributed by atoms with Crippen LogP contribution in [-0.4, -0.2) is 12.6 Å². The van der Waals surface area contributed by atoms with Crippen LogP contribution >= 0.6 is 0 Å². The normalized spacial score (nSPS) is 12.2. The van der Waals surface area contributed by atoms with Crippen molar-refractivity contribution in [3.05, 3.63) is 12.7 Å². The summed E-state index contributed by atoms with van der Waals surface area (Å²) in [4.78, 5) is 10.6. The summed E-state index contributed by atoms with van der Waals surface area (Å²) in [6.45, 7) is 8.17. The number of hydrogen-bond acceptors (Lipinski definition) is 2. The lowest BCUT2D eigenvalue weighted by atomic mass is 10.0. The van der Waals surface area contributed by atoms with Crippen molar-refractivity contribution in [1.29, 1.82) is 0 Å². The van der Waals surface area contributed by atoms with E-state index < -0.39 is 0 Å². The zero-order valence-electron chi connectivity index (χ0n) is 8.01. The van der Waals surface area contributed by atoms with E-state index in [0.717, 1.165) is 6.42 Å². The third kappa shape index (κ3) is 5.96. The highest BCUT2D eigenvalue weighted by Crippen LogP contribution is 2.09. The average Bonchev–Trinajstić information content (AvgIpc) is 2.04. The predicted octanol–water partition coefficient (Wildman–Crippen LogP) is 2.54. The molecule has 1 unspecified atom stereocenters. The van der Waals surface area contributed by atoms with Crippen molar-refractivity contribution in [2.45, 2.75) is 33.1 Å². The minimum atomic E-state index is -0.321. The Labute approximate surface area is 74.6 Å². The molecule has 0 heterocycles. The molecule has 0 rings (SSSR count). The van der Waals surface area contributed by atoms with Crippen molar-refractivity contribution >= 4 is 5.97 Å². The minimum Gasteiger partial charge on any atom is -0.463 e. The number of carbonyl (C=O) groups is 1. The van der Waals surface area contributed by atoms with E-state index in [1.807, 2.05) is 0 Å². The van der Waals surface area contributed by atoms with Gasteiger partial charge in [0, 0.05) is 6.08 Å². The van der Waals surface area contributed by atoms with Gasteiger partial charge in [0.25, 0.3) is 0 Å². The van der Waals surface area contributed by atoms with Crippen LogP contribution in [-0.2, 0) is 9.53 Å². The minimum absolute atomic E-state index is 0.321. The molecule has 0 aromatic rings. The van der Waals surface area contributed by atoms with Crippen LogP contribution in [0.4, 0.5) is 0 Å². The summed E-state index contributed by atoms with van der Waals surface area (Å²) >= 11 is 0. The predicted molar refractivity (Wildman–Crippen MR) is 49.8 cm³/mol. The number of ether oxygens (including phenoxy) is 1. The first kappa shape index (κ1) is 11.2. The number of carbonyl (C=O) groups excluding carboxylic acids is 1. The van der Waals surface area contributed by atoms with Crippen LogP contribution < -0.4 is 0 Å². The molecule has 0 fully saturated rings. The number of rotatable bonds is 6. The quantitative estimate of drug-likeness (QED) is 0.452. The van der Waals surface area contributed by atoms with Gasteiger partial charge in [0.2, 0.25) is 0 Å². The zero-order valence-corrected chi connectivity index (χ0v) is 8.01. The van der Waals surface area contributed by atoms with Gasteiger partial charge < -0.3 is 4.74 Å². The molecule has 70 valence electrons. The average molecular weight is 170 g/mol. The van der Waals surface area contributed by atoms with Gasteiger partial charge in [-0.1, -0.05) is 33.3 Å². The maximum absolute atomic E-state index is 10.6. The highest BCUT2D eigenvalue weighted by Gasteiger charge is 2.01. The zero-order chi connectivity index (χ0) is 9.40. The molecule has 0 aromatic heterocycles. The fourth-order valence-electron chi connectivity index (χ4n) is 1.06. The van der Waals surface area contributed by atoms with E-state index in [4.69, 9.17) is 4.74 Å². The summed E-state index contributed by atoms with van der Waals surface area (Å²) in [6.07, 6.45) is 4.54. The molecule has 0 radical (unpaired) electrons. The van der Waals surface area contributed by atoms with Crippen LogP contribution in [0.5, 0.6) is 0 Å². The van der Waals surface area contributed by atoms with E-state index in [9.17, 15) is 4.79 Å². The fraction of sp³-hybridized carbons (Fsp3) is 0.700. The van der Waals surface area contributed by atoms with E-state index in [2.05, 4.69) is 20.4 Å². The Morgan fingerprint density at radius 3 is 2.75 bits per heavy atom. The van der Waals surface area contributed by atoms with E-state index >= 15 is 0 Å². The largest absolute Gasteiger partial charge is 0.463 e. The molecule has 2 nitrogen and oxygen atoms in total. The lowest BCUT2D eigenvalue weighted by Crippen LogP contribution is -2.05. The SMILES string of the molecule is C=CC(=O)OCCC(C)CCC. The Kier molecular flexibility index (Phi) is 6.44. The summed E-state index contributed by atoms with van der Waals surface area (Å²) in [6, 6.07) is 0. The van der Waals surface area contributed by atoms with Crippen molar-refractivity contribution in [3.8, 4) is 0 Å². The molecule has 0 aliphatic heterocycles. The third-order valence-electron chi connectivity index (χ3n) is 1.80. The van der Waals surface area contributed by atoms with E-state index in [1.54, 1.807) is 0 Å². The lowest BCUT2D eigenvalue weighted by molar-refractivity contribution is -0.138. The van der Waals surface area contributed by atoms with Crippen molar-refractivity contribution in [1.82, 2.24) is 0 Å². The van der Waals surface area contributed by atoms with Gasteiger partial charge >= 0.3 is 5.97 Å². The highest BCUT2D eigenvalue weighted by atomic mass is 16.5. The molecule has 0 aromatic carbocycles. The molecule has 0 aliphatic rings. The Morgan fingerprint density at radius 2 is 2.25 bits per heavy atom. The van der Waals surface area contributed by atoms with Crippen LogP contribution in [0.1, 0.15) is 33.1 Å². The van der Waals surface area contributed by atoms with Gasteiger partial charge in [-0.05, 0) is 12.3 Å². The number of esters is 1. The molecule has 0 spiro atoms. The van der Waals surface area contributed by atoms with Crippen molar-refractivity contribution in [2.75, 3.05) is 6.61 Å². The molecule has 0 saturated carbocycles. The maximum atomic E-state index is 10.6. The lowest BCUT2D eigenvalue weighted by Gasteiger charge is -2.08. The molecule has 0 aliphatic carbocycles. The van der Waals surface area contributed by atoms with Crippen LogP contribution in [0, 0.1) is 5.92 Å². The second-order valence-corrected chi connectivity index (χ2v) is 3.05. The van der Waals surface area contributed by atoms with Gasteiger partial charge in [0.1, 0.15) is 0 Å². The van der Waals surface area contributed by atoms with Crippen molar-refractivity contribution in [3.63, 3.8) is 0 Å². The fourth-order valence-corrected chi connectivity index (χ4v) is 1.06. The summed E-state index contributed by atoms with van der Waals surface area (Å²) in [5.74, 6) is 0.325. The van der Waals surface area contributed by atoms with Gasteiger partial charge in [-0.25, -0.2) is 4.79 Å². The molecule has 12 heavy (non-hydrogen) atoms. The Balaban J connectivity index is 3.30. The molecule has 1 atom stereocenters. The van der Waals surface area contributed by atoms with Crippen molar-refractivity contribution < 1.29 is 9.53 Å². The molecule has 0 amide bonds. The second-order valence-electron chi connectivity index (χ2n) is 3.05. The van der Waals surface area contributed by atoms with Crippen LogP contribution in [0.15, 0.2) is 12.7 Å². The molecular weight excluding hydrogens is 152 g/mol. The van der Waals surface area contributed by atoms with Gasteiger partial charge in [-0.2, -0.15) is 0 Å². The van der Waals surface area contributed by atoms with Gasteiger partial charge in [0.05, 0.1) is 6.61 Å². The van der Waals surface area contributed by atoms with Crippen LogP contribution in [0.3, 0.4) is 0 Å². The molecule has 0 bridgehead atoms. The van der Waals surface area contributed by atoms with Gasteiger partial charge in [-0.3, -0.25) is 0 Å². The Bertz CT molecular complexity index is 141. The summed E-state index contributed by atoms with van der Waals surface area (Å²) in [5, 5.41) is 0. The van der Waals surface area contributed by atoms with E-state index in [1.165, 1.54) is 18.9 Å². The standard InChI is InChI=1S/C10H18O2/c1-4-6-9(3)7-8-12-10(11)5-2/h5,9H,2,4,6-8H2,1,3H3. The molecule has 0 saturated heterocycles. The first-order valence-electron chi connectivity index (χ1n) is 4.49. The van der Waals surface area contributed by atoms with Crippen LogP contribution in [0.25, 0.3) is 0 Å². The maximum Gasteiger partial charge on any atom is 0.330 e. The second kappa shape index (κ2) is 6.89. The first-order chi connectivity index (χ1) is 5.70. The van der Waals surface area contributed by atoms with Gasteiger partial charge in [0.15, 0.2) is 0 Å². The monoisotopic (exact) mass is 170 g/mol. The van der Waals surface area contributed by atoms with E-state index in [-0.39, 0.29) is 5.97 Å². The Morgan fingerprint density at radius 1 is 1.58 bits per heavy atom. The summed E-state index contributed by atoms with van der Waals surface area (Å²) in [7, 11) is 0.